The summed E-state index contributed by atoms with van der Waals surface area (Å²) in [6.45, 7) is 5.70. The molecule has 1 heterocycles. The van der Waals surface area contributed by atoms with Gasteiger partial charge in [-0.15, -0.1) is 0 Å². The first-order chi connectivity index (χ1) is 10.5. The topological polar surface area (TPSA) is 41.1 Å². The van der Waals surface area contributed by atoms with Crippen molar-refractivity contribution in [2.45, 2.75) is 70.4 Å². The number of unbranched alkanes of at least 4 members (excludes halogenated alkanes) is 1. The Balaban J connectivity index is 1.88. The Morgan fingerprint density at radius 3 is 2.64 bits per heavy atom. The van der Waals surface area contributed by atoms with Gasteiger partial charge >= 0.3 is 0 Å². The summed E-state index contributed by atoms with van der Waals surface area (Å²) >= 11 is 0. The highest BCUT2D eigenvalue weighted by Crippen LogP contribution is 2.27. The van der Waals surface area contributed by atoms with Crippen molar-refractivity contribution < 1.29 is 9.28 Å². The van der Waals surface area contributed by atoms with Crippen molar-refractivity contribution in [2.75, 3.05) is 33.7 Å². The van der Waals surface area contributed by atoms with Crippen LogP contribution in [0.2, 0.25) is 0 Å². The Morgan fingerprint density at radius 1 is 1.18 bits per heavy atom. The van der Waals surface area contributed by atoms with Crippen LogP contribution >= 0.6 is 0 Å². The fourth-order valence-electron chi connectivity index (χ4n) is 4.12. The maximum Gasteiger partial charge on any atom is 0.237 e. The lowest BCUT2D eigenvalue weighted by Gasteiger charge is -2.39. The second-order valence-corrected chi connectivity index (χ2v) is 8.00. The molecule has 2 fully saturated rings. The molecule has 0 radical (unpaired) electrons. The van der Waals surface area contributed by atoms with E-state index in [2.05, 4.69) is 31.7 Å². The molecule has 0 aromatic rings. The van der Waals surface area contributed by atoms with Crippen LogP contribution in [-0.4, -0.2) is 56.2 Å². The van der Waals surface area contributed by atoms with E-state index in [-0.39, 0.29) is 11.9 Å². The van der Waals surface area contributed by atoms with E-state index in [0.29, 0.717) is 12.0 Å². The second kappa shape index (κ2) is 8.30. The third-order valence-corrected chi connectivity index (χ3v) is 5.46. The average Bonchev–Trinajstić information content (AvgIpc) is 3.01. The van der Waals surface area contributed by atoms with Gasteiger partial charge in [-0.05, 0) is 38.6 Å². The number of carbonyl (C=O) groups is 1. The SMILES string of the molecule is CCCC[N+](C)(C)C[C@H]1CCCC[C@H]1NC(=O)[C@@H]1CCCN1. The lowest BCUT2D eigenvalue weighted by atomic mass is 9.83. The van der Waals surface area contributed by atoms with E-state index in [1.54, 1.807) is 0 Å². The number of rotatable bonds is 7. The Kier molecular flexibility index (Phi) is 6.69. The van der Waals surface area contributed by atoms with Crippen molar-refractivity contribution in [3.63, 3.8) is 0 Å². The van der Waals surface area contributed by atoms with Crippen LogP contribution in [0, 0.1) is 5.92 Å². The van der Waals surface area contributed by atoms with Gasteiger partial charge in [0.1, 0.15) is 0 Å². The summed E-state index contributed by atoms with van der Waals surface area (Å²) in [6.07, 6.45) is 9.72. The maximum absolute atomic E-state index is 12.4. The first kappa shape index (κ1) is 17.7. The number of amides is 1. The van der Waals surface area contributed by atoms with Crippen molar-refractivity contribution in [3.05, 3.63) is 0 Å². The minimum Gasteiger partial charge on any atom is -0.352 e. The highest BCUT2D eigenvalue weighted by molar-refractivity contribution is 5.82. The van der Waals surface area contributed by atoms with Crippen molar-refractivity contribution in [3.8, 4) is 0 Å². The quantitative estimate of drug-likeness (QED) is 0.708. The number of quaternary nitrogens is 1. The Hall–Kier alpha value is -0.610. The lowest BCUT2D eigenvalue weighted by Crippen LogP contribution is -2.53. The third kappa shape index (κ3) is 5.24. The van der Waals surface area contributed by atoms with E-state index in [1.807, 2.05) is 0 Å². The number of hydrogen-bond donors (Lipinski definition) is 2. The van der Waals surface area contributed by atoms with Crippen LogP contribution < -0.4 is 10.6 Å². The number of hydrogen-bond acceptors (Lipinski definition) is 2. The van der Waals surface area contributed by atoms with Gasteiger partial charge in [-0.3, -0.25) is 4.79 Å². The first-order valence-electron chi connectivity index (χ1n) is 9.37. The van der Waals surface area contributed by atoms with Crippen LogP contribution in [0.3, 0.4) is 0 Å². The van der Waals surface area contributed by atoms with Crippen LogP contribution in [0.15, 0.2) is 0 Å². The standard InChI is InChI=1S/C18H35N3O/c1-4-5-13-21(2,3)14-15-9-6-7-10-16(15)20-18(22)17-11-8-12-19-17/h15-17,19H,4-14H2,1-3H3/p+1/t15-,16-,17+/m1/s1. The number of nitrogens with one attached hydrogen (secondary N) is 2. The Bertz CT molecular complexity index is 350. The second-order valence-electron chi connectivity index (χ2n) is 8.00. The van der Waals surface area contributed by atoms with E-state index < -0.39 is 0 Å². The molecule has 0 aromatic heterocycles. The minimum atomic E-state index is 0.0603. The molecule has 2 N–H and O–H groups in total. The molecule has 0 spiro atoms. The largest absolute Gasteiger partial charge is 0.352 e. The maximum atomic E-state index is 12.4. The summed E-state index contributed by atoms with van der Waals surface area (Å²) in [5.41, 5.74) is 0. The molecule has 1 saturated carbocycles. The monoisotopic (exact) mass is 310 g/mol. The highest BCUT2D eigenvalue weighted by atomic mass is 16.2. The van der Waals surface area contributed by atoms with Gasteiger partial charge in [-0.25, -0.2) is 0 Å². The molecule has 2 aliphatic rings. The predicted molar refractivity (Wildman–Crippen MR) is 91.7 cm³/mol. The van der Waals surface area contributed by atoms with Gasteiger partial charge in [-0.1, -0.05) is 26.2 Å². The molecule has 22 heavy (non-hydrogen) atoms. The molecular weight excluding hydrogens is 274 g/mol. The fourth-order valence-corrected chi connectivity index (χ4v) is 4.12. The van der Waals surface area contributed by atoms with Crippen molar-refractivity contribution in [1.29, 1.82) is 0 Å². The smallest absolute Gasteiger partial charge is 0.237 e. The van der Waals surface area contributed by atoms with Crippen molar-refractivity contribution in [1.82, 2.24) is 10.6 Å². The van der Waals surface area contributed by atoms with E-state index in [1.165, 1.54) is 45.2 Å². The van der Waals surface area contributed by atoms with Gasteiger partial charge in [0, 0.05) is 12.0 Å². The van der Waals surface area contributed by atoms with Gasteiger partial charge in [0.2, 0.25) is 5.91 Å². The summed E-state index contributed by atoms with van der Waals surface area (Å²) in [7, 11) is 4.70. The summed E-state index contributed by atoms with van der Waals surface area (Å²) in [6, 6.07) is 0.452. The molecule has 4 heteroatoms. The summed E-state index contributed by atoms with van der Waals surface area (Å²) in [4.78, 5) is 12.4. The van der Waals surface area contributed by atoms with E-state index >= 15 is 0 Å². The normalized spacial score (nSPS) is 29.5. The van der Waals surface area contributed by atoms with E-state index in [9.17, 15) is 4.79 Å². The molecule has 3 atom stereocenters. The summed E-state index contributed by atoms with van der Waals surface area (Å²) < 4.78 is 1.09. The van der Waals surface area contributed by atoms with Gasteiger partial charge in [-0.2, -0.15) is 0 Å². The lowest BCUT2D eigenvalue weighted by molar-refractivity contribution is -0.894. The zero-order valence-electron chi connectivity index (χ0n) is 14.9. The van der Waals surface area contributed by atoms with Gasteiger partial charge in [0.15, 0.2) is 0 Å². The van der Waals surface area contributed by atoms with Crippen LogP contribution in [-0.2, 0) is 4.79 Å². The first-order valence-corrected chi connectivity index (χ1v) is 9.37. The molecule has 0 bridgehead atoms. The van der Waals surface area contributed by atoms with Crippen molar-refractivity contribution >= 4 is 5.91 Å². The van der Waals surface area contributed by atoms with Crippen LogP contribution in [0.5, 0.6) is 0 Å². The van der Waals surface area contributed by atoms with Gasteiger partial charge in [0.25, 0.3) is 0 Å². The number of carbonyl (C=O) groups excluding carboxylic acids is 1. The van der Waals surface area contributed by atoms with E-state index in [0.717, 1.165) is 30.3 Å². The van der Waals surface area contributed by atoms with Crippen molar-refractivity contribution in [2.24, 2.45) is 5.92 Å². The van der Waals surface area contributed by atoms with Crippen LogP contribution in [0.4, 0.5) is 0 Å². The molecule has 1 aliphatic carbocycles. The molecule has 1 aliphatic heterocycles. The van der Waals surface area contributed by atoms with Gasteiger partial charge < -0.3 is 15.1 Å². The molecule has 0 aromatic carbocycles. The molecule has 1 saturated heterocycles. The third-order valence-electron chi connectivity index (χ3n) is 5.46. The number of nitrogens with zero attached hydrogens (tertiary/aromatic N) is 1. The molecule has 128 valence electrons. The average molecular weight is 311 g/mol. The zero-order chi connectivity index (χ0) is 16.0. The fraction of sp³-hybridized carbons (Fsp3) is 0.944. The predicted octanol–water partition coefficient (Wildman–Crippen LogP) is 2.29. The van der Waals surface area contributed by atoms with Crippen LogP contribution in [0.25, 0.3) is 0 Å². The highest BCUT2D eigenvalue weighted by Gasteiger charge is 2.33. The molecule has 4 nitrogen and oxygen atoms in total. The molecule has 1 amide bonds. The zero-order valence-corrected chi connectivity index (χ0v) is 14.9. The Labute approximate surface area is 136 Å². The minimum absolute atomic E-state index is 0.0603. The molecule has 2 rings (SSSR count). The molecular formula is C18H36N3O+. The summed E-state index contributed by atoms with van der Waals surface area (Å²) in [5.74, 6) is 0.888. The molecule has 0 unspecified atom stereocenters. The van der Waals surface area contributed by atoms with Gasteiger partial charge in [0.05, 0.1) is 33.2 Å². The Morgan fingerprint density at radius 2 is 1.95 bits per heavy atom. The van der Waals surface area contributed by atoms with E-state index in [4.69, 9.17) is 0 Å². The summed E-state index contributed by atoms with van der Waals surface area (Å²) in [5, 5.41) is 6.70. The van der Waals surface area contributed by atoms with Crippen LogP contribution in [0.1, 0.15) is 58.3 Å².